The van der Waals surface area contributed by atoms with E-state index >= 15 is 0 Å². The summed E-state index contributed by atoms with van der Waals surface area (Å²) in [7, 11) is 0. The van der Waals surface area contributed by atoms with E-state index in [1.807, 2.05) is 12.1 Å². The van der Waals surface area contributed by atoms with Gasteiger partial charge in [0.1, 0.15) is 0 Å². The molecule has 0 aliphatic heterocycles. The second kappa shape index (κ2) is 3.44. The van der Waals surface area contributed by atoms with E-state index in [2.05, 4.69) is 34.6 Å². The molecule has 16 heavy (non-hydrogen) atoms. The molecule has 3 heteroatoms. The van der Waals surface area contributed by atoms with E-state index in [0.29, 0.717) is 5.41 Å². The molecule has 0 bridgehead atoms. The van der Waals surface area contributed by atoms with Gasteiger partial charge in [0, 0.05) is 17.3 Å². The minimum Gasteiger partial charge on any atom is -0.368 e. The van der Waals surface area contributed by atoms with E-state index in [-0.39, 0.29) is 0 Å². The molecule has 0 spiro atoms. The second-order valence-corrected chi connectivity index (χ2v) is 4.94. The summed E-state index contributed by atoms with van der Waals surface area (Å²) >= 11 is 0. The van der Waals surface area contributed by atoms with Gasteiger partial charge in [0.25, 0.3) is 0 Å². The largest absolute Gasteiger partial charge is 0.368 e. The molecule has 0 amide bonds. The van der Waals surface area contributed by atoms with E-state index in [9.17, 15) is 0 Å². The van der Waals surface area contributed by atoms with Crippen molar-refractivity contribution in [1.82, 2.24) is 10.2 Å². The third-order valence-electron chi connectivity index (χ3n) is 3.36. The van der Waals surface area contributed by atoms with Crippen LogP contribution in [0.1, 0.15) is 19.8 Å². The zero-order valence-corrected chi connectivity index (χ0v) is 9.40. The van der Waals surface area contributed by atoms with Gasteiger partial charge in [0.2, 0.25) is 0 Å². The third kappa shape index (κ3) is 1.73. The lowest BCUT2D eigenvalue weighted by atomic mass is 10.1. The van der Waals surface area contributed by atoms with Crippen molar-refractivity contribution in [3.63, 3.8) is 0 Å². The first-order chi connectivity index (χ1) is 7.77. The highest BCUT2D eigenvalue weighted by Crippen LogP contribution is 2.44. The van der Waals surface area contributed by atoms with Crippen molar-refractivity contribution < 1.29 is 0 Å². The Hall–Kier alpha value is -1.64. The standard InChI is InChI=1S/C13H15N3/c1-13(6-7-13)9-14-12-11-5-3-2-4-10(11)8-15-16-12/h2-5,8H,6-7,9H2,1H3,(H,14,16). The quantitative estimate of drug-likeness (QED) is 0.852. The SMILES string of the molecule is CC1(CNc2nncc3ccccc23)CC1. The molecule has 2 aromatic rings. The fourth-order valence-electron chi connectivity index (χ4n) is 1.85. The Kier molecular flexibility index (Phi) is 2.06. The van der Waals surface area contributed by atoms with Gasteiger partial charge in [-0.25, -0.2) is 0 Å². The van der Waals surface area contributed by atoms with E-state index in [1.165, 1.54) is 12.8 Å². The fraction of sp³-hybridized carbons (Fsp3) is 0.385. The van der Waals surface area contributed by atoms with Gasteiger partial charge in [-0.15, -0.1) is 5.10 Å². The summed E-state index contributed by atoms with van der Waals surface area (Å²) in [6.07, 6.45) is 4.44. The molecule has 0 saturated heterocycles. The van der Waals surface area contributed by atoms with Gasteiger partial charge in [0.05, 0.1) is 6.20 Å². The molecule has 3 nitrogen and oxygen atoms in total. The number of nitrogens with one attached hydrogen (secondary N) is 1. The van der Waals surface area contributed by atoms with Crippen LogP contribution in [0.5, 0.6) is 0 Å². The van der Waals surface area contributed by atoms with Crippen molar-refractivity contribution in [2.75, 3.05) is 11.9 Å². The van der Waals surface area contributed by atoms with Gasteiger partial charge in [-0.2, -0.15) is 5.10 Å². The van der Waals surface area contributed by atoms with Crippen LogP contribution in [-0.2, 0) is 0 Å². The summed E-state index contributed by atoms with van der Waals surface area (Å²) in [6.45, 7) is 3.30. The molecule has 1 aromatic heterocycles. The lowest BCUT2D eigenvalue weighted by Gasteiger charge is -2.11. The van der Waals surface area contributed by atoms with Crippen LogP contribution >= 0.6 is 0 Å². The molecule has 1 saturated carbocycles. The Morgan fingerprint density at radius 1 is 1.31 bits per heavy atom. The van der Waals surface area contributed by atoms with Crippen molar-refractivity contribution in [3.05, 3.63) is 30.5 Å². The molecular weight excluding hydrogens is 198 g/mol. The summed E-state index contributed by atoms with van der Waals surface area (Å²) in [5.74, 6) is 0.909. The average molecular weight is 213 g/mol. The molecule has 1 fully saturated rings. The topological polar surface area (TPSA) is 37.8 Å². The molecule has 82 valence electrons. The Morgan fingerprint density at radius 2 is 2.12 bits per heavy atom. The smallest absolute Gasteiger partial charge is 0.156 e. The van der Waals surface area contributed by atoms with Gasteiger partial charge in [-0.3, -0.25) is 0 Å². The Bertz CT molecular complexity index is 512. The molecule has 1 N–H and O–H groups in total. The van der Waals surface area contributed by atoms with Crippen molar-refractivity contribution in [2.45, 2.75) is 19.8 Å². The van der Waals surface area contributed by atoms with E-state index in [4.69, 9.17) is 0 Å². The van der Waals surface area contributed by atoms with E-state index < -0.39 is 0 Å². The van der Waals surface area contributed by atoms with E-state index in [0.717, 1.165) is 23.1 Å². The van der Waals surface area contributed by atoms with Crippen LogP contribution in [0.4, 0.5) is 5.82 Å². The molecule has 0 atom stereocenters. The van der Waals surface area contributed by atoms with Gasteiger partial charge in [0.15, 0.2) is 5.82 Å². The Morgan fingerprint density at radius 3 is 2.94 bits per heavy atom. The first-order valence-electron chi connectivity index (χ1n) is 5.71. The number of aromatic nitrogens is 2. The maximum absolute atomic E-state index is 4.18. The number of benzene rings is 1. The monoisotopic (exact) mass is 213 g/mol. The molecule has 0 unspecified atom stereocenters. The minimum atomic E-state index is 0.485. The molecule has 3 rings (SSSR count). The van der Waals surface area contributed by atoms with E-state index in [1.54, 1.807) is 6.20 Å². The maximum atomic E-state index is 4.18. The number of fused-ring (bicyclic) bond motifs is 1. The third-order valence-corrected chi connectivity index (χ3v) is 3.36. The van der Waals surface area contributed by atoms with Crippen molar-refractivity contribution in [1.29, 1.82) is 0 Å². The van der Waals surface area contributed by atoms with Gasteiger partial charge >= 0.3 is 0 Å². The van der Waals surface area contributed by atoms with Gasteiger partial charge in [-0.1, -0.05) is 31.2 Å². The molecule has 1 aliphatic carbocycles. The molecular formula is C13H15N3. The molecule has 0 radical (unpaired) electrons. The van der Waals surface area contributed by atoms with Gasteiger partial charge < -0.3 is 5.32 Å². The predicted octanol–water partition coefficient (Wildman–Crippen LogP) is 2.84. The number of nitrogens with zero attached hydrogens (tertiary/aromatic N) is 2. The summed E-state index contributed by atoms with van der Waals surface area (Å²) in [4.78, 5) is 0. The van der Waals surface area contributed by atoms with Crippen LogP contribution in [0.2, 0.25) is 0 Å². The number of hydrogen-bond donors (Lipinski definition) is 1. The van der Waals surface area contributed by atoms with Crippen molar-refractivity contribution in [2.24, 2.45) is 5.41 Å². The molecule has 1 aliphatic rings. The van der Waals surface area contributed by atoms with Crippen LogP contribution < -0.4 is 5.32 Å². The van der Waals surface area contributed by atoms with Crippen LogP contribution in [0.25, 0.3) is 10.8 Å². The highest BCUT2D eigenvalue weighted by Gasteiger charge is 2.36. The zero-order chi connectivity index (χ0) is 11.0. The first-order valence-corrected chi connectivity index (χ1v) is 5.71. The number of hydrogen-bond acceptors (Lipinski definition) is 3. The van der Waals surface area contributed by atoms with Crippen LogP contribution in [0.15, 0.2) is 30.5 Å². The molecule has 1 heterocycles. The fourth-order valence-corrected chi connectivity index (χ4v) is 1.85. The average Bonchev–Trinajstić information content (AvgIpc) is 3.05. The van der Waals surface area contributed by atoms with Crippen LogP contribution in [0, 0.1) is 5.41 Å². The van der Waals surface area contributed by atoms with Crippen LogP contribution in [-0.4, -0.2) is 16.7 Å². The first kappa shape index (κ1) is 9.58. The predicted molar refractivity (Wildman–Crippen MR) is 65.4 cm³/mol. The normalized spacial score (nSPS) is 17.3. The lowest BCUT2D eigenvalue weighted by Crippen LogP contribution is -2.13. The zero-order valence-electron chi connectivity index (χ0n) is 9.40. The van der Waals surface area contributed by atoms with Gasteiger partial charge in [-0.05, 0) is 18.3 Å². The lowest BCUT2D eigenvalue weighted by molar-refractivity contribution is 0.609. The summed E-state index contributed by atoms with van der Waals surface area (Å²) in [5.41, 5.74) is 0.485. The van der Waals surface area contributed by atoms with Crippen LogP contribution in [0.3, 0.4) is 0 Å². The summed E-state index contributed by atoms with van der Waals surface area (Å²) in [5, 5.41) is 13.9. The summed E-state index contributed by atoms with van der Waals surface area (Å²) < 4.78 is 0. The maximum Gasteiger partial charge on any atom is 0.156 e. The Balaban J connectivity index is 1.90. The number of anilines is 1. The minimum absolute atomic E-state index is 0.485. The number of rotatable bonds is 3. The Labute approximate surface area is 94.9 Å². The second-order valence-electron chi connectivity index (χ2n) is 4.94. The highest BCUT2D eigenvalue weighted by atomic mass is 15.2. The highest BCUT2D eigenvalue weighted by molar-refractivity contribution is 5.90. The summed E-state index contributed by atoms with van der Waals surface area (Å²) in [6, 6.07) is 8.21. The van der Waals surface area contributed by atoms with Crippen molar-refractivity contribution >= 4 is 16.6 Å². The van der Waals surface area contributed by atoms with Crippen molar-refractivity contribution in [3.8, 4) is 0 Å². The molecule has 1 aromatic carbocycles.